The van der Waals surface area contributed by atoms with Crippen molar-refractivity contribution in [2.45, 2.75) is 85.0 Å². The van der Waals surface area contributed by atoms with Crippen LogP contribution in [0.4, 0.5) is 0 Å². The number of carboxylic acids is 1. The van der Waals surface area contributed by atoms with Crippen molar-refractivity contribution in [3.63, 3.8) is 0 Å². The van der Waals surface area contributed by atoms with Crippen LogP contribution in [0.3, 0.4) is 0 Å². The van der Waals surface area contributed by atoms with Gasteiger partial charge in [0.2, 0.25) is 0 Å². The fourth-order valence-electron chi connectivity index (χ4n) is 1.63. The fraction of sp³-hybridized carbons (Fsp3) is 0.875. The van der Waals surface area contributed by atoms with Gasteiger partial charge in [0.15, 0.2) is 0 Å². The van der Waals surface area contributed by atoms with Gasteiger partial charge in [-0.05, 0) is 19.8 Å². The van der Waals surface area contributed by atoms with E-state index in [4.69, 9.17) is 9.84 Å². The maximum atomic E-state index is 10.8. The van der Waals surface area contributed by atoms with Crippen LogP contribution in [0.15, 0.2) is 0 Å². The molecule has 0 unspecified atom stereocenters. The van der Waals surface area contributed by atoms with Gasteiger partial charge >= 0.3 is 11.9 Å². The second kappa shape index (κ2) is 17.9. The number of hydrogen-bond donors (Lipinski definition) is 1. The molecule has 0 saturated carbocycles. The van der Waals surface area contributed by atoms with Gasteiger partial charge in [-0.2, -0.15) is 0 Å². The number of carbonyl (C=O) groups is 2. The highest BCUT2D eigenvalue weighted by Gasteiger charge is 1.99. The van der Waals surface area contributed by atoms with Gasteiger partial charge in [0.05, 0.1) is 6.61 Å². The maximum absolute atomic E-state index is 10.8. The van der Waals surface area contributed by atoms with E-state index in [9.17, 15) is 9.59 Å². The van der Waals surface area contributed by atoms with Crippen LogP contribution in [0.5, 0.6) is 0 Å². The molecule has 120 valence electrons. The second-order valence-corrected chi connectivity index (χ2v) is 4.82. The summed E-state index contributed by atoms with van der Waals surface area (Å²) in [5, 5.41) is 8.21. The summed E-state index contributed by atoms with van der Waals surface area (Å²) < 4.78 is 4.78. The van der Waals surface area contributed by atoms with E-state index in [-0.39, 0.29) is 5.97 Å². The Kier molecular flexibility index (Phi) is 19.1. The van der Waals surface area contributed by atoms with Crippen LogP contribution in [-0.2, 0) is 14.3 Å². The van der Waals surface area contributed by atoms with E-state index in [1.807, 2.05) is 6.92 Å². The largest absolute Gasteiger partial charge is 0.481 e. The Labute approximate surface area is 123 Å². The lowest BCUT2D eigenvalue weighted by Crippen LogP contribution is -2.02. The van der Waals surface area contributed by atoms with Crippen molar-refractivity contribution in [3.05, 3.63) is 0 Å². The van der Waals surface area contributed by atoms with E-state index in [2.05, 4.69) is 13.8 Å². The molecule has 0 aromatic heterocycles. The lowest BCUT2D eigenvalue weighted by atomic mass is 10.2. The second-order valence-electron chi connectivity index (χ2n) is 4.82. The quantitative estimate of drug-likeness (QED) is 0.447. The highest BCUT2D eigenvalue weighted by atomic mass is 16.5. The highest BCUT2D eigenvalue weighted by Crippen LogP contribution is 2.03. The molecule has 0 aliphatic carbocycles. The zero-order valence-corrected chi connectivity index (χ0v) is 13.5. The number of ether oxygens (including phenoxy) is 1. The van der Waals surface area contributed by atoms with Crippen molar-refractivity contribution in [1.29, 1.82) is 0 Å². The van der Waals surface area contributed by atoms with Crippen molar-refractivity contribution in [1.82, 2.24) is 0 Å². The monoisotopic (exact) mass is 288 g/mol. The summed E-state index contributed by atoms with van der Waals surface area (Å²) in [6.45, 7) is 6.61. The Morgan fingerprint density at radius 3 is 1.70 bits per heavy atom. The van der Waals surface area contributed by atoms with Gasteiger partial charge in [0.1, 0.15) is 0 Å². The first-order valence-corrected chi connectivity index (χ1v) is 7.95. The molecule has 0 saturated heterocycles. The number of unbranched alkanes of at least 4 members (excludes halogenated alkanes) is 6. The van der Waals surface area contributed by atoms with Crippen molar-refractivity contribution >= 4 is 11.9 Å². The Morgan fingerprint density at radius 2 is 1.30 bits per heavy atom. The molecule has 0 rings (SSSR count). The average Bonchev–Trinajstić information content (AvgIpc) is 2.41. The number of esters is 1. The minimum Gasteiger partial charge on any atom is -0.481 e. The molecule has 0 heterocycles. The molecule has 0 aliphatic rings. The summed E-state index contributed by atoms with van der Waals surface area (Å²) >= 11 is 0. The molecule has 0 radical (unpaired) electrons. The van der Waals surface area contributed by atoms with E-state index in [1.54, 1.807) is 0 Å². The first-order valence-electron chi connectivity index (χ1n) is 7.95. The molecule has 0 aromatic carbocycles. The van der Waals surface area contributed by atoms with Gasteiger partial charge < -0.3 is 9.84 Å². The summed E-state index contributed by atoms with van der Waals surface area (Å²) in [6.07, 6.45) is 9.71. The molecule has 0 bridgehead atoms. The van der Waals surface area contributed by atoms with Crippen LogP contribution < -0.4 is 0 Å². The van der Waals surface area contributed by atoms with Crippen LogP contribution in [-0.4, -0.2) is 23.7 Å². The van der Waals surface area contributed by atoms with Crippen molar-refractivity contribution < 1.29 is 19.4 Å². The van der Waals surface area contributed by atoms with Crippen molar-refractivity contribution in [2.75, 3.05) is 6.61 Å². The normalized spacial score (nSPS) is 9.55. The van der Waals surface area contributed by atoms with Gasteiger partial charge in [0.25, 0.3) is 0 Å². The minimum absolute atomic E-state index is 0.0522. The molecule has 4 nitrogen and oxygen atoms in total. The molecule has 20 heavy (non-hydrogen) atoms. The predicted octanol–water partition coefficient (Wildman–Crippen LogP) is 4.56. The zero-order chi connectivity index (χ0) is 15.6. The molecular weight excluding hydrogens is 256 g/mol. The number of carboxylic acid groups (broad SMARTS) is 1. The maximum Gasteiger partial charge on any atom is 0.305 e. The number of hydrogen-bond acceptors (Lipinski definition) is 3. The van der Waals surface area contributed by atoms with Crippen LogP contribution in [0.1, 0.15) is 85.0 Å². The van der Waals surface area contributed by atoms with E-state index in [0.29, 0.717) is 19.4 Å². The summed E-state index contributed by atoms with van der Waals surface area (Å²) in [5.74, 6) is -0.727. The molecule has 0 amide bonds. The van der Waals surface area contributed by atoms with Gasteiger partial charge in [-0.15, -0.1) is 0 Å². The van der Waals surface area contributed by atoms with Crippen LogP contribution in [0, 0.1) is 0 Å². The molecule has 0 fully saturated rings. The summed E-state index contributed by atoms with van der Waals surface area (Å²) in [6, 6.07) is 0. The third-order valence-corrected chi connectivity index (χ3v) is 2.78. The van der Waals surface area contributed by atoms with Gasteiger partial charge in [-0.3, -0.25) is 9.59 Å². The Morgan fingerprint density at radius 1 is 0.800 bits per heavy atom. The average molecular weight is 288 g/mol. The van der Waals surface area contributed by atoms with E-state index < -0.39 is 5.97 Å². The lowest BCUT2D eigenvalue weighted by Gasteiger charge is -2.00. The van der Waals surface area contributed by atoms with Gasteiger partial charge in [-0.1, -0.05) is 52.4 Å². The first kappa shape index (κ1) is 21.2. The van der Waals surface area contributed by atoms with Gasteiger partial charge in [-0.25, -0.2) is 0 Å². The summed E-state index contributed by atoms with van der Waals surface area (Å²) in [5.41, 5.74) is 0. The molecular formula is C16H32O4. The smallest absolute Gasteiger partial charge is 0.305 e. The topological polar surface area (TPSA) is 63.6 Å². The molecule has 0 aromatic rings. The Hall–Kier alpha value is -1.06. The van der Waals surface area contributed by atoms with E-state index >= 15 is 0 Å². The minimum atomic E-state index is -0.675. The molecule has 1 N–H and O–H groups in total. The molecule has 0 spiro atoms. The standard InChI is InChI=1S/C9H18O2.C7H14O2/c1-3-5-6-7-8-9(10)11-4-2;1-2-3-4-5-6-7(8)9/h3-8H2,1-2H3;2-6H2,1H3,(H,8,9). The fourth-order valence-corrected chi connectivity index (χ4v) is 1.63. The van der Waals surface area contributed by atoms with Crippen LogP contribution in [0.2, 0.25) is 0 Å². The highest BCUT2D eigenvalue weighted by molar-refractivity contribution is 5.69. The van der Waals surface area contributed by atoms with Crippen molar-refractivity contribution in [2.24, 2.45) is 0 Å². The first-order chi connectivity index (χ1) is 9.58. The molecule has 4 heteroatoms. The van der Waals surface area contributed by atoms with Crippen LogP contribution >= 0.6 is 0 Å². The molecule has 0 atom stereocenters. The third-order valence-electron chi connectivity index (χ3n) is 2.78. The van der Waals surface area contributed by atoms with Crippen molar-refractivity contribution in [3.8, 4) is 0 Å². The number of rotatable bonds is 11. The van der Waals surface area contributed by atoms with E-state index in [0.717, 1.165) is 32.1 Å². The number of aliphatic carboxylic acids is 1. The Bertz CT molecular complexity index is 227. The predicted molar refractivity (Wildman–Crippen MR) is 81.8 cm³/mol. The SMILES string of the molecule is CCCCCCC(=O)O.CCCCCCC(=O)OCC. The molecule has 0 aliphatic heterocycles. The lowest BCUT2D eigenvalue weighted by molar-refractivity contribution is -0.143. The summed E-state index contributed by atoms with van der Waals surface area (Å²) in [7, 11) is 0. The van der Waals surface area contributed by atoms with Gasteiger partial charge in [0, 0.05) is 12.8 Å². The van der Waals surface area contributed by atoms with Crippen LogP contribution in [0.25, 0.3) is 0 Å². The summed E-state index contributed by atoms with van der Waals surface area (Å²) in [4.78, 5) is 20.7. The Balaban J connectivity index is 0. The van der Waals surface area contributed by atoms with E-state index in [1.165, 1.54) is 19.3 Å². The number of carbonyl (C=O) groups excluding carboxylic acids is 1. The third kappa shape index (κ3) is 22.1. The zero-order valence-electron chi connectivity index (χ0n) is 13.5.